The molecule has 0 N–H and O–H groups in total. The largest absolute Gasteiger partial charge is 0.297 e. The highest BCUT2D eigenvalue weighted by Gasteiger charge is 2.63. The van der Waals surface area contributed by atoms with Crippen LogP contribution in [0.1, 0.15) is 105 Å². The van der Waals surface area contributed by atoms with Gasteiger partial charge in [-0.05, 0) is 105 Å². The first-order chi connectivity index (χ1) is 13.6. The molecule has 8 atom stereocenters. The number of rotatable bonds is 0. The van der Waals surface area contributed by atoms with Crippen molar-refractivity contribution in [3.63, 3.8) is 0 Å². The Labute approximate surface area is 174 Å². The van der Waals surface area contributed by atoms with Crippen molar-refractivity contribution in [3.8, 4) is 0 Å². The lowest BCUT2D eigenvalue weighted by molar-refractivity contribution is -0.0423. The van der Waals surface area contributed by atoms with Crippen LogP contribution in [0.5, 0.6) is 0 Å². The Bertz CT molecular complexity index is 622. The highest BCUT2D eigenvalue weighted by molar-refractivity contribution is 5.25. The fourth-order valence-electron chi connectivity index (χ4n) is 9.61. The molecule has 0 bridgehead atoms. The van der Waals surface area contributed by atoms with Crippen LogP contribution in [0.4, 0.5) is 0 Å². The summed E-state index contributed by atoms with van der Waals surface area (Å²) in [4.78, 5) is 3.01. The van der Waals surface area contributed by atoms with E-state index in [0.717, 1.165) is 35.8 Å². The number of fused-ring (bicyclic) bond motifs is 9. The van der Waals surface area contributed by atoms with Gasteiger partial charge in [-0.25, -0.2) is 0 Å². The summed E-state index contributed by atoms with van der Waals surface area (Å²) in [5.74, 6) is 4.07. The molecular formula is C27H45N. The molecule has 28 heavy (non-hydrogen) atoms. The van der Waals surface area contributed by atoms with Crippen LogP contribution >= 0.6 is 0 Å². The molecule has 0 radical (unpaired) electrons. The lowest BCUT2D eigenvalue weighted by Crippen LogP contribution is -2.49. The average molecular weight is 384 g/mol. The van der Waals surface area contributed by atoms with Crippen LogP contribution in [0.2, 0.25) is 0 Å². The van der Waals surface area contributed by atoms with Gasteiger partial charge in [0.25, 0.3) is 0 Å². The quantitative estimate of drug-likeness (QED) is 0.399. The molecule has 158 valence electrons. The van der Waals surface area contributed by atoms with Crippen LogP contribution in [-0.4, -0.2) is 23.5 Å². The van der Waals surface area contributed by atoms with Crippen molar-refractivity contribution in [2.24, 2.45) is 34.5 Å². The molecule has 2 saturated heterocycles. The van der Waals surface area contributed by atoms with Crippen molar-refractivity contribution in [3.05, 3.63) is 11.6 Å². The van der Waals surface area contributed by atoms with Gasteiger partial charge in [0, 0.05) is 12.1 Å². The van der Waals surface area contributed by atoms with Crippen molar-refractivity contribution in [2.45, 2.75) is 117 Å². The van der Waals surface area contributed by atoms with Crippen LogP contribution < -0.4 is 0 Å². The molecule has 0 spiro atoms. The van der Waals surface area contributed by atoms with Gasteiger partial charge in [0.2, 0.25) is 0 Å². The van der Waals surface area contributed by atoms with Gasteiger partial charge in [0.05, 0.1) is 0 Å². The summed E-state index contributed by atoms with van der Waals surface area (Å²) in [7, 11) is 0. The van der Waals surface area contributed by atoms with E-state index >= 15 is 0 Å². The van der Waals surface area contributed by atoms with Crippen molar-refractivity contribution >= 4 is 0 Å². The molecule has 4 aliphatic carbocycles. The van der Waals surface area contributed by atoms with Crippen molar-refractivity contribution in [1.82, 2.24) is 4.90 Å². The second-order valence-corrected chi connectivity index (χ2v) is 11.5. The topological polar surface area (TPSA) is 3.24 Å². The van der Waals surface area contributed by atoms with Gasteiger partial charge in [-0.2, -0.15) is 0 Å². The van der Waals surface area contributed by atoms with E-state index in [9.17, 15) is 0 Å². The number of hydrogen-bond donors (Lipinski definition) is 0. The van der Waals surface area contributed by atoms with E-state index in [2.05, 4.69) is 24.8 Å². The van der Waals surface area contributed by atoms with Crippen molar-refractivity contribution in [2.75, 3.05) is 6.54 Å². The molecule has 2 aliphatic heterocycles. The predicted octanol–water partition coefficient (Wildman–Crippen LogP) is 7.22. The number of nitrogens with zero attached hydrogens (tertiary/aromatic N) is 1. The molecule has 5 unspecified atom stereocenters. The third kappa shape index (κ3) is 2.60. The van der Waals surface area contributed by atoms with Gasteiger partial charge in [-0.3, -0.25) is 4.90 Å². The fraction of sp³-hybridized carbons (Fsp3) is 0.926. The summed E-state index contributed by atoms with van der Waals surface area (Å²) in [6, 6.07) is 1.92. The summed E-state index contributed by atoms with van der Waals surface area (Å²) < 4.78 is 0. The smallest absolute Gasteiger partial charge is 0.0135 e. The Balaban J connectivity index is 0.000000829. The Kier molecular flexibility index (Phi) is 5.01. The molecule has 6 aliphatic rings. The van der Waals surface area contributed by atoms with Crippen molar-refractivity contribution < 1.29 is 0 Å². The maximum Gasteiger partial charge on any atom is 0.0135 e. The average Bonchev–Trinajstić information content (AvgIpc) is 3.23. The molecule has 0 aromatic heterocycles. The Morgan fingerprint density at radius 1 is 0.893 bits per heavy atom. The second kappa shape index (κ2) is 7.14. The Hall–Kier alpha value is -0.300. The summed E-state index contributed by atoms with van der Waals surface area (Å²) in [5, 5.41) is 0. The number of hydrogen-bond acceptors (Lipinski definition) is 1. The normalized spacial score (nSPS) is 52.2. The van der Waals surface area contributed by atoms with E-state index in [1.165, 1.54) is 57.9 Å². The molecule has 6 rings (SSSR count). The van der Waals surface area contributed by atoms with E-state index in [0.29, 0.717) is 10.8 Å². The Morgan fingerprint density at radius 3 is 2.61 bits per heavy atom. The minimum atomic E-state index is 0.577. The lowest BCUT2D eigenvalue weighted by Gasteiger charge is -2.57. The number of piperidine rings is 1. The molecule has 3 saturated carbocycles. The first-order valence-corrected chi connectivity index (χ1v) is 13.1. The summed E-state index contributed by atoms with van der Waals surface area (Å²) >= 11 is 0. The third-order valence-electron chi connectivity index (χ3n) is 10.9. The van der Waals surface area contributed by atoms with Gasteiger partial charge in [0.15, 0.2) is 0 Å². The molecule has 0 aromatic carbocycles. The van der Waals surface area contributed by atoms with E-state index in [1.807, 2.05) is 19.4 Å². The molecule has 1 heteroatoms. The van der Waals surface area contributed by atoms with Gasteiger partial charge in [0.1, 0.15) is 0 Å². The predicted molar refractivity (Wildman–Crippen MR) is 119 cm³/mol. The van der Waals surface area contributed by atoms with Crippen molar-refractivity contribution in [1.29, 1.82) is 0 Å². The maximum atomic E-state index is 3.01. The summed E-state index contributed by atoms with van der Waals surface area (Å²) in [5.41, 5.74) is 3.12. The van der Waals surface area contributed by atoms with Crippen LogP contribution in [0.25, 0.3) is 0 Å². The first-order valence-electron chi connectivity index (χ1n) is 13.1. The zero-order chi connectivity index (χ0) is 19.5. The van der Waals surface area contributed by atoms with Gasteiger partial charge >= 0.3 is 0 Å². The highest BCUT2D eigenvalue weighted by Crippen LogP contribution is 2.68. The minimum Gasteiger partial charge on any atom is -0.297 e. The molecule has 0 aromatic rings. The van der Waals surface area contributed by atoms with Gasteiger partial charge < -0.3 is 0 Å². The number of allylic oxidation sites excluding steroid dienone is 2. The zero-order valence-electron chi connectivity index (χ0n) is 19.2. The van der Waals surface area contributed by atoms with Crippen LogP contribution in [0.15, 0.2) is 11.6 Å². The van der Waals surface area contributed by atoms with E-state index in [-0.39, 0.29) is 0 Å². The molecule has 5 fully saturated rings. The molecule has 2 heterocycles. The fourth-order valence-corrected chi connectivity index (χ4v) is 9.61. The second-order valence-electron chi connectivity index (χ2n) is 11.5. The van der Waals surface area contributed by atoms with Gasteiger partial charge in [-0.15, -0.1) is 0 Å². The third-order valence-corrected chi connectivity index (χ3v) is 10.9. The lowest BCUT2D eigenvalue weighted by atomic mass is 9.47. The zero-order valence-corrected chi connectivity index (χ0v) is 19.2. The first kappa shape index (κ1) is 19.7. The molecule has 1 nitrogen and oxygen atoms in total. The summed E-state index contributed by atoms with van der Waals surface area (Å²) in [6.45, 7) is 10.8. The maximum absolute atomic E-state index is 3.01. The van der Waals surface area contributed by atoms with Crippen LogP contribution in [-0.2, 0) is 0 Å². The molecular weight excluding hydrogens is 338 g/mol. The van der Waals surface area contributed by atoms with E-state index in [1.54, 1.807) is 25.7 Å². The van der Waals surface area contributed by atoms with E-state index < -0.39 is 0 Å². The van der Waals surface area contributed by atoms with E-state index in [4.69, 9.17) is 0 Å². The van der Waals surface area contributed by atoms with Gasteiger partial charge in [-0.1, -0.05) is 52.2 Å². The Morgan fingerprint density at radius 2 is 1.75 bits per heavy atom. The van der Waals surface area contributed by atoms with Crippen LogP contribution in [0.3, 0.4) is 0 Å². The van der Waals surface area contributed by atoms with Crippen LogP contribution in [0, 0.1) is 34.5 Å². The monoisotopic (exact) mass is 383 g/mol. The highest BCUT2D eigenvalue weighted by atomic mass is 15.2. The minimum absolute atomic E-state index is 0.577. The summed E-state index contributed by atoms with van der Waals surface area (Å²) in [6.07, 6.45) is 20.7. The standard InChI is InChI=1S/C25H39N.C2H6/c1-24-12-5-3-7-17(24)9-10-19-20(24)11-13-25(2)21(19)16-23-22(25)15-18-8-4-6-14-26(18)23;1-2/h9,18-23H,3-8,10-16H2,1-2H3;1-2H3/t18?,19-,20?,21?,22?,23?,24+,25+;/m1./s1. The molecule has 0 amide bonds. The SMILES string of the molecule is CC.C[C@]12CCC3[C@@H](CC=C4CCCC[C@@]43C)C1CC1C2CC2CCCCN21.